The zero-order valence-electron chi connectivity index (χ0n) is 18.0. The van der Waals surface area contributed by atoms with E-state index in [0.29, 0.717) is 26.2 Å². The fourth-order valence-electron chi connectivity index (χ4n) is 4.40. The fourth-order valence-corrected chi connectivity index (χ4v) is 4.40. The standard InChI is InChI=1S/C24H32N4O2/c1-25(2)21-7-9-22(10-8-21)27-13-14-28(24(30)18-27)17-23(29)16-26-12-11-19-5-3-4-6-20(19)15-26/h3-10,23,29H,11-18H2,1-2H3. The third-order valence-electron chi connectivity index (χ3n) is 6.16. The maximum atomic E-state index is 12.7. The normalized spacial score (nSPS) is 18.3. The third-order valence-corrected chi connectivity index (χ3v) is 6.16. The monoisotopic (exact) mass is 408 g/mol. The van der Waals surface area contributed by atoms with E-state index in [1.165, 1.54) is 11.1 Å². The van der Waals surface area contributed by atoms with Gasteiger partial charge in [0.1, 0.15) is 0 Å². The van der Waals surface area contributed by atoms with Crippen LogP contribution in [0, 0.1) is 0 Å². The summed E-state index contributed by atoms with van der Waals surface area (Å²) in [6.45, 7) is 4.64. The second-order valence-corrected chi connectivity index (χ2v) is 8.58. The van der Waals surface area contributed by atoms with Crippen LogP contribution in [0.4, 0.5) is 11.4 Å². The molecule has 1 fully saturated rings. The smallest absolute Gasteiger partial charge is 0.242 e. The summed E-state index contributed by atoms with van der Waals surface area (Å²) in [6.07, 6.45) is 0.498. The molecule has 0 radical (unpaired) electrons. The molecule has 1 atom stereocenters. The van der Waals surface area contributed by atoms with Gasteiger partial charge in [0.05, 0.1) is 12.6 Å². The average molecular weight is 409 g/mol. The Morgan fingerprint density at radius 2 is 1.67 bits per heavy atom. The Kier molecular flexibility index (Phi) is 6.25. The van der Waals surface area contributed by atoms with Gasteiger partial charge in [-0.3, -0.25) is 9.69 Å². The highest BCUT2D eigenvalue weighted by molar-refractivity contribution is 5.83. The number of amides is 1. The molecule has 2 aliphatic heterocycles. The van der Waals surface area contributed by atoms with Gasteiger partial charge in [-0.2, -0.15) is 0 Å². The first-order valence-corrected chi connectivity index (χ1v) is 10.8. The Labute approximate surface area is 179 Å². The van der Waals surface area contributed by atoms with Crippen molar-refractivity contribution in [3.05, 3.63) is 59.7 Å². The van der Waals surface area contributed by atoms with Gasteiger partial charge in [-0.25, -0.2) is 0 Å². The van der Waals surface area contributed by atoms with Crippen LogP contribution in [0.1, 0.15) is 11.1 Å². The molecule has 0 bridgehead atoms. The van der Waals surface area contributed by atoms with Crippen molar-refractivity contribution in [1.82, 2.24) is 9.80 Å². The van der Waals surface area contributed by atoms with Crippen molar-refractivity contribution >= 4 is 17.3 Å². The SMILES string of the molecule is CN(C)c1ccc(N2CCN(CC(O)CN3CCc4ccccc4C3)C(=O)C2)cc1. The van der Waals surface area contributed by atoms with Crippen molar-refractivity contribution in [1.29, 1.82) is 0 Å². The van der Waals surface area contributed by atoms with Crippen molar-refractivity contribution in [3.63, 3.8) is 0 Å². The average Bonchev–Trinajstić information content (AvgIpc) is 2.75. The Bertz CT molecular complexity index is 868. The molecule has 0 aliphatic carbocycles. The van der Waals surface area contributed by atoms with Crippen molar-refractivity contribution in [2.24, 2.45) is 0 Å². The number of nitrogens with zero attached hydrogens (tertiary/aromatic N) is 4. The molecule has 1 N–H and O–H groups in total. The predicted molar refractivity (Wildman–Crippen MR) is 121 cm³/mol. The molecule has 160 valence electrons. The van der Waals surface area contributed by atoms with Gasteiger partial charge in [0.25, 0.3) is 0 Å². The van der Waals surface area contributed by atoms with E-state index in [-0.39, 0.29) is 5.91 Å². The van der Waals surface area contributed by atoms with E-state index in [0.717, 1.165) is 37.4 Å². The second kappa shape index (κ2) is 9.06. The lowest BCUT2D eigenvalue weighted by Crippen LogP contribution is -2.53. The van der Waals surface area contributed by atoms with Gasteiger partial charge in [-0.15, -0.1) is 0 Å². The number of rotatable bonds is 6. The number of aliphatic hydroxyl groups excluding tert-OH is 1. The number of benzene rings is 2. The molecule has 6 heteroatoms. The van der Waals surface area contributed by atoms with Gasteiger partial charge in [0.15, 0.2) is 0 Å². The first kappa shape index (κ1) is 20.7. The number of hydrogen-bond acceptors (Lipinski definition) is 5. The number of carbonyl (C=O) groups excluding carboxylic acids is 1. The van der Waals surface area contributed by atoms with Crippen molar-refractivity contribution in [2.45, 2.75) is 19.1 Å². The summed E-state index contributed by atoms with van der Waals surface area (Å²) in [5, 5.41) is 10.6. The van der Waals surface area contributed by atoms with Gasteiger partial charge in [0.2, 0.25) is 5.91 Å². The molecule has 2 aliphatic rings. The molecule has 2 aromatic carbocycles. The van der Waals surface area contributed by atoms with Crippen molar-refractivity contribution < 1.29 is 9.90 Å². The number of carbonyl (C=O) groups is 1. The van der Waals surface area contributed by atoms with Crippen LogP contribution >= 0.6 is 0 Å². The van der Waals surface area contributed by atoms with E-state index < -0.39 is 6.10 Å². The number of anilines is 2. The first-order chi connectivity index (χ1) is 14.5. The Hall–Kier alpha value is -2.57. The second-order valence-electron chi connectivity index (χ2n) is 8.58. The van der Waals surface area contributed by atoms with E-state index in [1.54, 1.807) is 0 Å². The molecule has 2 heterocycles. The van der Waals surface area contributed by atoms with Crippen molar-refractivity contribution in [3.8, 4) is 0 Å². The van der Waals surface area contributed by atoms with Crippen LogP contribution in [0.2, 0.25) is 0 Å². The molecule has 30 heavy (non-hydrogen) atoms. The summed E-state index contributed by atoms with van der Waals surface area (Å²) in [5.74, 6) is 0.0842. The molecular weight excluding hydrogens is 376 g/mol. The summed E-state index contributed by atoms with van der Waals surface area (Å²) < 4.78 is 0. The van der Waals surface area contributed by atoms with Crippen LogP contribution in [-0.4, -0.2) is 80.3 Å². The summed E-state index contributed by atoms with van der Waals surface area (Å²) in [5.41, 5.74) is 4.97. The quantitative estimate of drug-likeness (QED) is 0.790. The van der Waals surface area contributed by atoms with Gasteiger partial charge < -0.3 is 19.8 Å². The predicted octanol–water partition coefficient (Wildman–Crippen LogP) is 1.82. The minimum atomic E-state index is -0.523. The number of β-amino-alcohol motifs (C(OH)–C–C–N with tert-alkyl or cyclic N) is 1. The fraction of sp³-hybridized carbons (Fsp3) is 0.458. The Balaban J connectivity index is 1.27. The molecular formula is C24H32N4O2. The molecule has 4 rings (SSSR count). The van der Waals surface area contributed by atoms with Crippen LogP contribution < -0.4 is 9.80 Å². The Morgan fingerprint density at radius 3 is 2.37 bits per heavy atom. The van der Waals surface area contributed by atoms with Gasteiger partial charge in [-0.05, 0) is 41.8 Å². The van der Waals surface area contributed by atoms with Crippen LogP contribution in [0.15, 0.2) is 48.5 Å². The molecule has 0 spiro atoms. The van der Waals surface area contributed by atoms with E-state index in [9.17, 15) is 9.90 Å². The molecule has 0 saturated carbocycles. The van der Waals surface area contributed by atoms with Crippen LogP contribution in [0.3, 0.4) is 0 Å². The number of fused-ring (bicyclic) bond motifs is 1. The van der Waals surface area contributed by atoms with Gasteiger partial charge in [-0.1, -0.05) is 24.3 Å². The Morgan fingerprint density at radius 1 is 0.933 bits per heavy atom. The lowest BCUT2D eigenvalue weighted by molar-refractivity contribution is -0.132. The van der Waals surface area contributed by atoms with Crippen LogP contribution in [0.5, 0.6) is 0 Å². The zero-order chi connectivity index (χ0) is 21.1. The summed E-state index contributed by atoms with van der Waals surface area (Å²) in [6, 6.07) is 16.8. The van der Waals surface area contributed by atoms with Gasteiger partial charge in [0, 0.05) is 64.7 Å². The minimum absolute atomic E-state index is 0.0842. The third kappa shape index (κ3) is 4.77. The highest BCUT2D eigenvalue weighted by Gasteiger charge is 2.27. The molecule has 2 aromatic rings. The summed E-state index contributed by atoms with van der Waals surface area (Å²) >= 11 is 0. The zero-order valence-corrected chi connectivity index (χ0v) is 18.0. The molecule has 1 unspecified atom stereocenters. The van der Waals surface area contributed by atoms with E-state index in [1.807, 2.05) is 19.0 Å². The number of hydrogen-bond donors (Lipinski definition) is 1. The summed E-state index contributed by atoms with van der Waals surface area (Å²) in [4.78, 5) is 21.0. The maximum Gasteiger partial charge on any atom is 0.242 e. The summed E-state index contributed by atoms with van der Waals surface area (Å²) in [7, 11) is 4.04. The van der Waals surface area contributed by atoms with Crippen LogP contribution in [0.25, 0.3) is 0 Å². The van der Waals surface area contributed by atoms with E-state index in [4.69, 9.17) is 0 Å². The van der Waals surface area contributed by atoms with Gasteiger partial charge >= 0.3 is 0 Å². The molecule has 1 amide bonds. The highest BCUT2D eigenvalue weighted by Crippen LogP contribution is 2.22. The lowest BCUT2D eigenvalue weighted by Gasteiger charge is -2.37. The molecule has 6 nitrogen and oxygen atoms in total. The first-order valence-electron chi connectivity index (χ1n) is 10.8. The van der Waals surface area contributed by atoms with E-state index >= 15 is 0 Å². The minimum Gasteiger partial charge on any atom is -0.390 e. The van der Waals surface area contributed by atoms with Crippen LogP contribution in [-0.2, 0) is 17.8 Å². The van der Waals surface area contributed by atoms with Crippen molar-refractivity contribution in [2.75, 3.05) is 63.2 Å². The lowest BCUT2D eigenvalue weighted by atomic mass is 10.00. The maximum absolute atomic E-state index is 12.7. The number of piperazine rings is 1. The highest BCUT2D eigenvalue weighted by atomic mass is 16.3. The topological polar surface area (TPSA) is 50.3 Å². The largest absolute Gasteiger partial charge is 0.390 e. The van der Waals surface area contributed by atoms with E-state index in [2.05, 4.69) is 63.2 Å². The molecule has 1 saturated heterocycles. The number of aliphatic hydroxyl groups is 1. The molecule has 0 aromatic heterocycles.